The number of azide groups is 1. The van der Waals surface area contributed by atoms with Crippen LogP contribution in [0.4, 0.5) is 5.69 Å². The van der Waals surface area contributed by atoms with E-state index in [-0.39, 0.29) is 17.6 Å². The van der Waals surface area contributed by atoms with Crippen LogP contribution in [0.25, 0.3) is 10.4 Å². The topological polar surface area (TPSA) is 91.9 Å². The molecule has 0 spiro atoms. The van der Waals surface area contributed by atoms with Gasteiger partial charge in [0.1, 0.15) is 0 Å². The molecule has 1 aromatic rings. The standard InChI is InChI=1S/C9H9ClN4O2/c10-6-8(12-13-11)5-7-1-3-9(4-2-7)14(15)16/h1-4,8H,5-6H2/t8-/m0/s1. The summed E-state index contributed by atoms with van der Waals surface area (Å²) in [5.74, 6) is 0.223. The van der Waals surface area contributed by atoms with E-state index in [1.54, 1.807) is 12.1 Å². The van der Waals surface area contributed by atoms with Gasteiger partial charge in [0, 0.05) is 22.9 Å². The summed E-state index contributed by atoms with van der Waals surface area (Å²) >= 11 is 5.60. The van der Waals surface area contributed by atoms with Crippen LogP contribution in [0.15, 0.2) is 29.4 Å². The summed E-state index contributed by atoms with van der Waals surface area (Å²) in [7, 11) is 0. The van der Waals surface area contributed by atoms with Crippen LogP contribution < -0.4 is 0 Å². The monoisotopic (exact) mass is 240 g/mol. The van der Waals surface area contributed by atoms with Crippen molar-refractivity contribution < 1.29 is 4.92 Å². The van der Waals surface area contributed by atoms with E-state index in [1.807, 2.05) is 0 Å². The maximum Gasteiger partial charge on any atom is 0.269 e. The van der Waals surface area contributed by atoms with E-state index in [0.717, 1.165) is 5.56 Å². The SMILES string of the molecule is [N-]=[N+]=N[C@H](CCl)Cc1ccc([N+](=O)[O-])cc1. The van der Waals surface area contributed by atoms with E-state index in [0.29, 0.717) is 6.42 Å². The average Bonchev–Trinajstić information content (AvgIpc) is 2.29. The first kappa shape index (κ1) is 12.3. The van der Waals surface area contributed by atoms with Gasteiger partial charge in [-0.25, -0.2) is 0 Å². The molecular weight excluding hydrogens is 232 g/mol. The minimum atomic E-state index is -0.462. The molecule has 0 saturated carbocycles. The Hall–Kier alpha value is -1.78. The van der Waals surface area contributed by atoms with Gasteiger partial charge in [-0.15, -0.1) is 11.6 Å². The molecule has 84 valence electrons. The number of rotatable bonds is 5. The van der Waals surface area contributed by atoms with E-state index in [1.165, 1.54) is 12.1 Å². The van der Waals surface area contributed by atoms with Crippen LogP contribution in [0.3, 0.4) is 0 Å². The molecule has 0 fully saturated rings. The molecule has 0 amide bonds. The Balaban J connectivity index is 2.74. The van der Waals surface area contributed by atoms with Crippen LogP contribution in [0.2, 0.25) is 0 Å². The first-order valence-electron chi connectivity index (χ1n) is 4.51. The molecule has 0 aliphatic carbocycles. The second kappa shape index (κ2) is 5.95. The maximum atomic E-state index is 10.4. The molecule has 16 heavy (non-hydrogen) atoms. The number of hydrogen-bond donors (Lipinski definition) is 0. The highest BCUT2D eigenvalue weighted by molar-refractivity contribution is 6.18. The van der Waals surface area contributed by atoms with Crippen molar-refractivity contribution in [2.45, 2.75) is 12.5 Å². The zero-order valence-electron chi connectivity index (χ0n) is 8.28. The Kier molecular flexibility index (Phi) is 4.57. The summed E-state index contributed by atoms with van der Waals surface area (Å²) < 4.78 is 0. The predicted octanol–water partition coefficient (Wildman–Crippen LogP) is 3.06. The third-order valence-electron chi connectivity index (χ3n) is 2.01. The van der Waals surface area contributed by atoms with Crippen molar-refractivity contribution in [1.82, 2.24) is 0 Å². The van der Waals surface area contributed by atoms with Crippen LogP contribution in [0, 0.1) is 10.1 Å². The van der Waals surface area contributed by atoms with Crippen molar-refractivity contribution in [1.29, 1.82) is 0 Å². The van der Waals surface area contributed by atoms with Crippen molar-refractivity contribution >= 4 is 17.3 Å². The summed E-state index contributed by atoms with van der Waals surface area (Å²) in [5.41, 5.74) is 9.16. The van der Waals surface area contributed by atoms with Gasteiger partial charge in [-0.2, -0.15) is 0 Å². The molecule has 7 heteroatoms. The molecule has 0 bridgehead atoms. The van der Waals surface area contributed by atoms with Gasteiger partial charge in [-0.05, 0) is 17.5 Å². The van der Waals surface area contributed by atoms with E-state index in [2.05, 4.69) is 10.0 Å². The van der Waals surface area contributed by atoms with Crippen molar-refractivity contribution in [3.8, 4) is 0 Å². The molecule has 0 aromatic heterocycles. The van der Waals surface area contributed by atoms with Gasteiger partial charge in [-0.1, -0.05) is 17.2 Å². The Morgan fingerprint density at radius 1 is 1.50 bits per heavy atom. The lowest BCUT2D eigenvalue weighted by molar-refractivity contribution is -0.384. The summed E-state index contributed by atoms with van der Waals surface area (Å²) in [5, 5.41) is 13.9. The molecule has 1 rings (SSSR count). The summed E-state index contributed by atoms with van der Waals surface area (Å²) in [6.45, 7) is 0. The zero-order chi connectivity index (χ0) is 12.0. The Labute approximate surface area is 96.6 Å². The van der Waals surface area contributed by atoms with Crippen LogP contribution in [0.1, 0.15) is 5.56 Å². The molecular formula is C9H9ClN4O2. The largest absolute Gasteiger partial charge is 0.269 e. The van der Waals surface area contributed by atoms with Gasteiger partial charge in [-0.3, -0.25) is 10.1 Å². The van der Waals surface area contributed by atoms with Crippen molar-refractivity contribution in [3.05, 3.63) is 50.4 Å². The Morgan fingerprint density at radius 2 is 2.12 bits per heavy atom. The second-order valence-corrected chi connectivity index (χ2v) is 3.45. The Morgan fingerprint density at radius 3 is 2.56 bits per heavy atom. The van der Waals surface area contributed by atoms with Gasteiger partial charge < -0.3 is 0 Å². The molecule has 6 nitrogen and oxygen atoms in total. The lowest BCUT2D eigenvalue weighted by atomic mass is 10.1. The first-order valence-corrected chi connectivity index (χ1v) is 5.04. The minimum Gasteiger partial charge on any atom is -0.258 e. The third kappa shape index (κ3) is 3.42. The summed E-state index contributed by atoms with van der Waals surface area (Å²) in [6, 6.07) is 5.76. The first-order chi connectivity index (χ1) is 7.67. The zero-order valence-corrected chi connectivity index (χ0v) is 9.04. The van der Waals surface area contributed by atoms with E-state index < -0.39 is 4.92 Å². The van der Waals surface area contributed by atoms with Gasteiger partial charge in [0.2, 0.25) is 0 Å². The van der Waals surface area contributed by atoms with E-state index in [4.69, 9.17) is 17.1 Å². The molecule has 0 aliphatic rings. The number of hydrogen-bond acceptors (Lipinski definition) is 3. The molecule has 0 N–H and O–H groups in total. The smallest absolute Gasteiger partial charge is 0.258 e. The number of nitro groups is 1. The van der Waals surface area contributed by atoms with Crippen molar-refractivity contribution in [2.75, 3.05) is 5.88 Å². The predicted molar refractivity (Wildman–Crippen MR) is 60.5 cm³/mol. The van der Waals surface area contributed by atoms with Gasteiger partial charge in [0.15, 0.2) is 0 Å². The number of nitro benzene ring substituents is 1. The normalized spacial score (nSPS) is 11.6. The lowest BCUT2D eigenvalue weighted by Crippen LogP contribution is -2.09. The fourth-order valence-electron chi connectivity index (χ4n) is 1.23. The molecule has 0 saturated heterocycles. The van der Waals surface area contributed by atoms with Crippen LogP contribution in [0.5, 0.6) is 0 Å². The second-order valence-electron chi connectivity index (χ2n) is 3.14. The van der Waals surface area contributed by atoms with E-state index in [9.17, 15) is 10.1 Å². The molecule has 1 atom stereocenters. The quantitative estimate of drug-likeness (QED) is 0.198. The highest BCUT2D eigenvalue weighted by atomic mass is 35.5. The number of nitrogens with zero attached hydrogens (tertiary/aromatic N) is 4. The summed E-state index contributed by atoms with van der Waals surface area (Å²) in [6.07, 6.45) is 0.478. The molecule has 0 radical (unpaired) electrons. The highest BCUT2D eigenvalue weighted by Gasteiger charge is 2.08. The van der Waals surface area contributed by atoms with E-state index >= 15 is 0 Å². The van der Waals surface area contributed by atoms with Crippen LogP contribution in [-0.4, -0.2) is 16.8 Å². The van der Waals surface area contributed by atoms with Crippen molar-refractivity contribution in [3.63, 3.8) is 0 Å². The average molecular weight is 241 g/mol. The molecule has 0 unspecified atom stereocenters. The maximum absolute atomic E-state index is 10.4. The number of non-ortho nitro benzene ring substituents is 1. The Bertz CT molecular complexity index is 414. The summed E-state index contributed by atoms with van der Waals surface area (Å²) in [4.78, 5) is 12.6. The lowest BCUT2D eigenvalue weighted by Gasteiger charge is -2.06. The van der Waals surface area contributed by atoms with Crippen LogP contribution >= 0.6 is 11.6 Å². The minimum absolute atomic E-state index is 0.0370. The number of alkyl halides is 1. The fourth-order valence-corrected chi connectivity index (χ4v) is 1.40. The third-order valence-corrected chi connectivity index (χ3v) is 2.37. The van der Waals surface area contributed by atoms with Gasteiger partial charge >= 0.3 is 0 Å². The number of halogens is 1. The highest BCUT2D eigenvalue weighted by Crippen LogP contribution is 2.14. The fraction of sp³-hybridized carbons (Fsp3) is 0.333. The molecule has 1 aromatic carbocycles. The van der Waals surface area contributed by atoms with Gasteiger partial charge in [0.05, 0.1) is 11.0 Å². The number of benzene rings is 1. The molecule has 0 aliphatic heterocycles. The van der Waals surface area contributed by atoms with Gasteiger partial charge in [0.25, 0.3) is 5.69 Å². The van der Waals surface area contributed by atoms with Crippen molar-refractivity contribution in [2.24, 2.45) is 5.11 Å². The van der Waals surface area contributed by atoms with Crippen LogP contribution in [-0.2, 0) is 6.42 Å². The molecule has 0 heterocycles.